The van der Waals surface area contributed by atoms with E-state index in [1.54, 1.807) is 36.4 Å². The lowest BCUT2D eigenvalue weighted by molar-refractivity contribution is -0.384. The van der Waals surface area contributed by atoms with Crippen molar-refractivity contribution in [1.82, 2.24) is 0 Å². The van der Waals surface area contributed by atoms with E-state index in [9.17, 15) is 15.2 Å². The fraction of sp³-hybridized carbons (Fsp3) is 0. The zero-order valence-corrected chi connectivity index (χ0v) is 8.33. The molecule has 0 aliphatic heterocycles. The van der Waals surface area contributed by atoms with Gasteiger partial charge in [0, 0.05) is 17.7 Å². The lowest BCUT2D eigenvalue weighted by Gasteiger charge is -2.03. The Hall–Kier alpha value is -2.36. The molecular formula is C12H9NO3. The first-order valence-corrected chi connectivity index (χ1v) is 4.71. The van der Waals surface area contributed by atoms with Gasteiger partial charge in [-0.25, -0.2) is 0 Å². The Morgan fingerprint density at radius 3 is 2.19 bits per heavy atom. The van der Waals surface area contributed by atoms with Crippen molar-refractivity contribution in [3.63, 3.8) is 0 Å². The summed E-state index contributed by atoms with van der Waals surface area (Å²) < 4.78 is 0. The summed E-state index contributed by atoms with van der Waals surface area (Å²) in [6.07, 6.45) is 0. The minimum atomic E-state index is -0.450. The molecule has 0 aliphatic rings. The van der Waals surface area contributed by atoms with Gasteiger partial charge in [0.1, 0.15) is 5.75 Å². The molecule has 16 heavy (non-hydrogen) atoms. The molecule has 4 heteroatoms. The van der Waals surface area contributed by atoms with Gasteiger partial charge in [0.05, 0.1) is 4.92 Å². The molecule has 80 valence electrons. The third kappa shape index (κ3) is 1.86. The summed E-state index contributed by atoms with van der Waals surface area (Å²) in [5.74, 6) is 0.163. The van der Waals surface area contributed by atoms with Gasteiger partial charge >= 0.3 is 0 Å². The topological polar surface area (TPSA) is 63.4 Å². The van der Waals surface area contributed by atoms with Crippen molar-refractivity contribution in [2.45, 2.75) is 0 Å². The number of phenols is 1. The number of nitro groups is 1. The number of hydrogen-bond donors (Lipinski definition) is 1. The summed E-state index contributed by atoms with van der Waals surface area (Å²) in [7, 11) is 0. The quantitative estimate of drug-likeness (QED) is 0.618. The number of non-ortho nitro benzene ring substituents is 1. The van der Waals surface area contributed by atoms with E-state index in [1.165, 1.54) is 12.1 Å². The first-order chi connectivity index (χ1) is 7.68. The first kappa shape index (κ1) is 10.2. The molecule has 0 unspecified atom stereocenters. The molecule has 0 aromatic heterocycles. The van der Waals surface area contributed by atoms with Crippen LogP contribution in [0.1, 0.15) is 0 Å². The predicted molar refractivity (Wildman–Crippen MR) is 60.2 cm³/mol. The molecule has 0 saturated carbocycles. The van der Waals surface area contributed by atoms with Crippen LogP contribution in [0.5, 0.6) is 5.75 Å². The van der Waals surface area contributed by atoms with Crippen LogP contribution in [0.25, 0.3) is 11.1 Å². The van der Waals surface area contributed by atoms with Gasteiger partial charge in [-0.3, -0.25) is 10.1 Å². The number of rotatable bonds is 2. The van der Waals surface area contributed by atoms with Gasteiger partial charge in [0.25, 0.3) is 5.69 Å². The minimum absolute atomic E-state index is 0.0409. The van der Waals surface area contributed by atoms with Crippen molar-refractivity contribution in [3.8, 4) is 16.9 Å². The summed E-state index contributed by atoms with van der Waals surface area (Å²) in [6, 6.07) is 12.9. The SMILES string of the molecule is O=[N+]([O-])c1ccc(-c2ccccc2O)cc1. The molecule has 0 fully saturated rings. The molecule has 2 rings (SSSR count). The first-order valence-electron chi connectivity index (χ1n) is 4.71. The number of hydrogen-bond acceptors (Lipinski definition) is 3. The summed E-state index contributed by atoms with van der Waals surface area (Å²) in [6.45, 7) is 0. The van der Waals surface area contributed by atoms with E-state index >= 15 is 0 Å². The number of phenolic OH excluding ortho intramolecular Hbond substituents is 1. The molecule has 0 heterocycles. The lowest BCUT2D eigenvalue weighted by atomic mass is 10.0. The van der Waals surface area contributed by atoms with E-state index < -0.39 is 4.92 Å². The van der Waals surface area contributed by atoms with Crippen LogP contribution in [0.15, 0.2) is 48.5 Å². The number of nitrogens with zero attached hydrogens (tertiary/aromatic N) is 1. The van der Waals surface area contributed by atoms with Crippen molar-refractivity contribution >= 4 is 5.69 Å². The number of aromatic hydroxyl groups is 1. The van der Waals surface area contributed by atoms with Crippen LogP contribution in [0.4, 0.5) is 5.69 Å². The molecular weight excluding hydrogens is 206 g/mol. The maximum atomic E-state index is 10.5. The van der Waals surface area contributed by atoms with Crippen molar-refractivity contribution in [2.75, 3.05) is 0 Å². The zero-order valence-electron chi connectivity index (χ0n) is 8.33. The number of para-hydroxylation sites is 1. The second kappa shape index (κ2) is 4.02. The molecule has 2 aromatic carbocycles. The molecule has 1 N–H and O–H groups in total. The van der Waals surface area contributed by atoms with Crippen LogP contribution in [0, 0.1) is 10.1 Å². The van der Waals surface area contributed by atoms with Crippen LogP contribution in [-0.2, 0) is 0 Å². The van der Waals surface area contributed by atoms with Crippen LogP contribution in [0.2, 0.25) is 0 Å². The molecule has 0 bridgehead atoms. The average Bonchev–Trinajstić information content (AvgIpc) is 2.30. The number of nitro benzene ring substituents is 1. The van der Waals surface area contributed by atoms with Crippen molar-refractivity contribution in [1.29, 1.82) is 0 Å². The monoisotopic (exact) mass is 215 g/mol. The fourth-order valence-corrected chi connectivity index (χ4v) is 1.48. The Bertz CT molecular complexity index is 520. The number of benzene rings is 2. The molecule has 2 aromatic rings. The highest BCUT2D eigenvalue weighted by atomic mass is 16.6. The van der Waals surface area contributed by atoms with Crippen LogP contribution < -0.4 is 0 Å². The van der Waals surface area contributed by atoms with Gasteiger partial charge in [-0.1, -0.05) is 18.2 Å². The van der Waals surface area contributed by atoms with Gasteiger partial charge in [0.15, 0.2) is 0 Å². The highest BCUT2D eigenvalue weighted by Crippen LogP contribution is 2.29. The van der Waals surface area contributed by atoms with Crippen LogP contribution >= 0.6 is 0 Å². The van der Waals surface area contributed by atoms with E-state index in [0.29, 0.717) is 5.56 Å². The molecule has 0 amide bonds. The molecule has 0 spiro atoms. The molecule has 0 radical (unpaired) electrons. The Kier molecular flexibility index (Phi) is 2.55. The maximum absolute atomic E-state index is 10.5. The lowest BCUT2D eigenvalue weighted by Crippen LogP contribution is -1.87. The van der Waals surface area contributed by atoms with Crippen LogP contribution in [-0.4, -0.2) is 10.0 Å². The van der Waals surface area contributed by atoms with Gasteiger partial charge in [-0.2, -0.15) is 0 Å². The highest BCUT2D eigenvalue weighted by Gasteiger charge is 2.07. The summed E-state index contributed by atoms with van der Waals surface area (Å²) in [5.41, 5.74) is 1.46. The second-order valence-corrected chi connectivity index (χ2v) is 3.32. The predicted octanol–water partition coefficient (Wildman–Crippen LogP) is 2.97. The van der Waals surface area contributed by atoms with E-state index in [2.05, 4.69) is 0 Å². The third-order valence-electron chi connectivity index (χ3n) is 2.29. The zero-order chi connectivity index (χ0) is 11.5. The van der Waals surface area contributed by atoms with Gasteiger partial charge < -0.3 is 5.11 Å². The molecule has 4 nitrogen and oxygen atoms in total. The Morgan fingerprint density at radius 2 is 1.62 bits per heavy atom. The smallest absolute Gasteiger partial charge is 0.269 e. The van der Waals surface area contributed by atoms with E-state index in [1.807, 2.05) is 0 Å². The summed E-state index contributed by atoms with van der Waals surface area (Å²) in [4.78, 5) is 10.0. The van der Waals surface area contributed by atoms with Gasteiger partial charge in [-0.05, 0) is 23.8 Å². The average molecular weight is 215 g/mol. The highest BCUT2D eigenvalue weighted by molar-refractivity contribution is 5.70. The van der Waals surface area contributed by atoms with E-state index in [0.717, 1.165) is 5.56 Å². The van der Waals surface area contributed by atoms with Crippen molar-refractivity contribution in [3.05, 3.63) is 58.6 Å². The molecule has 0 aliphatic carbocycles. The van der Waals surface area contributed by atoms with Gasteiger partial charge in [0.2, 0.25) is 0 Å². The third-order valence-corrected chi connectivity index (χ3v) is 2.29. The van der Waals surface area contributed by atoms with Gasteiger partial charge in [-0.15, -0.1) is 0 Å². The Morgan fingerprint density at radius 1 is 1.00 bits per heavy atom. The standard InChI is InChI=1S/C12H9NO3/c14-12-4-2-1-3-11(12)9-5-7-10(8-6-9)13(15)16/h1-8,14H. The molecule has 0 saturated heterocycles. The van der Waals surface area contributed by atoms with Crippen molar-refractivity contribution in [2.24, 2.45) is 0 Å². The van der Waals surface area contributed by atoms with Crippen molar-refractivity contribution < 1.29 is 10.0 Å². The Balaban J connectivity index is 2.43. The minimum Gasteiger partial charge on any atom is -0.507 e. The largest absolute Gasteiger partial charge is 0.507 e. The maximum Gasteiger partial charge on any atom is 0.269 e. The van der Waals surface area contributed by atoms with E-state index in [-0.39, 0.29) is 11.4 Å². The second-order valence-electron chi connectivity index (χ2n) is 3.32. The Labute approximate surface area is 91.9 Å². The summed E-state index contributed by atoms with van der Waals surface area (Å²) >= 11 is 0. The summed E-state index contributed by atoms with van der Waals surface area (Å²) in [5, 5.41) is 20.1. The molecule has 0 atom stereocenters. The normalized spacial score (nSPS) is 10.0. The fourth-order valence-electron chi connectivity index (χ4n) is 1.48. The van der Waals surface area contributed by atoms with Crippen LogP contribution in [0.3, 0.4) is 0 Å². The van der Waals surface area contributed by atoms with E-state index in [4.69, 9.17) is 0 Å².